The smallest absolute Gasteiger partial charge is 0.254 e. The van der Waals surface area contributed by atoms with Crippen molar-refractivity contribution in [3.8, 4) is 0 Å². The van der Waals surface area contributed by atoms with Crippen LogP contribution in [0.3, 0.4) is 0 Å². The zero-order chi connectivity index (χ0) is 18.6. The number of fused-ring (bicyclic) bond motifs is 1. The topological polar surface area (TPSA) is 59.2 Å². The quantitative estimate of drug-likeness (QED) is 0.756. The highest BCUT2D eigenvalue weighted by atomic mass is 35.5. The normalized spacial score (nSPS) is 21.0. The number of amides is 1. The van der Waals surface area contributed by atoms with Crippen molar-refractivity contribution >= 4 is 41.6 Å². The number of nitrogens with two attached hydrogens (primary N) is 1. The van der Waals surface area contributed by atoms with E-state index in [0.29, 0.717) is 12.5 Å². The Labute approximate surface area is 180 Å². The van der Waals surface area contributed by atoms with Gasteiger partial charge in [-0.2, -0.15) is 0 Å². The number of halogens is 2. The molecule has 1 atom stereocenters. The molecule has 154 valence electrons. The summed E-state index contributed by atoms with van der Waals surface area (Å²) in [6.45, 7) is 9.93. The third-order valence-corrected chi connectivity index (χ3v) is 6.09. The number of carbonyl (C=O) groups excluding carboxylic acids is 1. The lowest BCUT2D eigenvalue weighted by molar-refractivity contribution is 0.0534. The first-order chi connectivity index (χ1) is 12.3. The van der Waals surface area contributed by atoms with E-state index in [-0.39, 0.29) is 42.2 Å². The molecule has 1 amide bonds. The number of rotatable bonds is 2. The lowest BCUT2D eigenvalue weighted by Crippen LogP contribution is -2.54. The first-order valence-corrected chi connectivity index (χ1v) is 9.73. The number of piperidine rings is 1. The number of likely N-dealkylation sites (tertiary alicyclic amines) is 1. The average Bonchev–Trinajstić information content (AvgIpc) is 3.41. The molecule has 0 spiro atoms. The van der Waals surface area contributed by atoms with Crippen LogP contribution in [0, 0.1) is 19.3 Å². The summed E-state index contributed by atoms with van der Waals surface area (Å²) < 4.78 is 0. The zero-order valence-corrected chi connectivity index (χ0v) is 18.8. The van der Waals surface area contributed by atoms with Crippen LogP contribution in [0.4, 0.5) is 0 Å². The van der Waals surface area contributed by atoms with Crippen LogP contribution in [0.25, 0.3) is 10.9 Å². The van der Waals surface area contributed by atoms with Crippen molar-refractivity contribution < 1.29 is 4.79 Å². The van der Waals surface area contributed by atoms with Gasteiger partial charge in [-0.1, -0.05) is 25.5 Å². The van der Waals surface area contributed by atoms with Crippen molar-refractivity contribution in [3.05, 3.63) is 40.6 Å². The van der Waals surface area contributed by atoms with Crippen molar-refractivity contribution in [3.63, 3.8) is 0 Å². The molecule has 1 aromatic heterocycles. The van der Waals surface area contributed by atoms with Gasteiger partial charge in [-0.15, -0.1) is 24.8 Å². The van der Waals surface area contributed by atoms with E-state index in [0.717, 1.165) is 40.7 Å². The Morgan fingerprint density at radius 3 is 2.43 bits per heavy atom. The van der Waals surface area contributed by atoms with Gasteiger partial charge in [0.1, 0.15) is 0 Å². The molecule has 28 heavy (non-hydrogen) atoms. The molecule has 2 aliphatic rings. The molecule has 1 unspecified atom stereocenters. The highest BCUT2D eigenvalue weighted by molar-refractivity contribution is 6.07. The Hall–Kier alpha value is -1.36. The predicted octanol–water partition coefficient (Wildman–Crippen LogP) is 4.77. The maximum atomic E-state index is 13.5. The molecule has 1 saturated carbocycles. The van der Waals surface area contributed by atoms with Gasteiger partial charge >= 0.3 is 0 Å². The highest BCUT2D eigenvalue weighted by Gasteiger charge is 2.36. The van der Waals surface area contributed by atoms with Gasteiger partial charge in [0.15, 0.2) is 0 Å². The largest absolute Gasteiger partial charge is 0.338 e. The monoisotopic (exact) mass is 423 g/mol. The molecular formula is C22H31Cl2N3O. The standard InChI is InChI=1S/C22H29N3O.2ClH/c1-13-9-14(2)20-16(10-13)17(11-18(24-20)15-5-6-15)21(26)25-8-7-19(23)22(3,4)12-25;;/h9-11,15,19H,5-8,12,23H2,1-4H3;2*1H. The third kappa shape index (κ3) is 4.14. The van der Waals surface area contributed by atoms with Crippen LogP contribution in [-0.4, -0.2) is 34.9 Å². The molecule has 1 aliphatic heterocycles. The van der Waals surface area contributed by atoms with E-state index in [1.165, 1.54) is 18.4 Å². The molecule has 4 rings (SSSR count). The number of hydrogen-bond acceptors (Lipinski definition) is 3. The summed E-state index contributed by atoms with van der Waals surface area (Å²) in [6, 6.07) is 6.47. The van der Waals surface area contributed by atoms with Crippen LogP contribution >= 0.6 is 24.8 Å². The van der Waals surface area contributed by atoms with Gasteiger partial charge in [0.05, 0.1) is 11.1 Å². The Kier molecular flexibility index (Phi) is 6.69. The molecule has 1 aromatic carbocycles. The van der Waals surface area contributed by atoms with Crippen molar-refractivity contribution in [2.45, 2.75) is 58.9 Å². The lowest BCUT2D eigenvalue weighted by atomic mass is 9.79. The van der Waals surface area contributed by atoms with E-state index in [9.17, 15) is 4.79 Å². The van der Waals surface area contributed by atoms with Crippen molar-refractivity contribution in [2.24, 2.45) is 11.1 Å². The molecule has 1 aliphatic carbocycles. The van der Waals surface area contributed by atoms with Crippen LogP contribution in [0.2, 0.25) is 0 Å². The van der Waals surface area contributed by atoms with Gasteiger partial charge in [-0.25, -0.2) is 0 Å². The Balaban J connectivity index is 0.00000140. The molecule has 1 saturated heterocycles. The summed E-state index contributed by atoms with van der Waals surface area (Å²) in [4.78, 5) is 20.4. The minimum Gasteiger partial charge on any atom is -0.338 e. The summed E-state index contributed by atoms with van der Waals surface area (Å²) in [5, 5.41) is 0.990. The summed E-state index contributed by atoms with van der Waals surface area (Å²) >= 11 is 0. The van der Waals surface area contributed by atoms with Crippen molar-refractivity contribution in [2.75, 3.05) is 13.1 Å². The maximum absolute atomic E-state index is 13.5. The number of pyridine rings is 1. The Morgan fingerprint density at radius 1 is 1.14 bits per heavy atom. The Morgan fingerprint density at radius 2 is 1.82 bits per heavy atom. The lowest BCUT2D eigenvalue weighted by Gasteiger charge is -2.42. The van der Waals surface area contributed by atoms with Crippen LogP contribution in [0.1, 0.15) is 66.2 Å². The van der Waals surface area contributed by atoms with E-state index in [2.05, 4.69) is 45.9 Å². The maximum Gasteiger partial charge on any atom is 0.254 e. The fourth-order valence-electron chi connectivity index (χ4n) is 4.18. The number of carbonyl (C=O) groups is 1. The van der Waals surface area contributed by atoms with Crippen LogP contribution in [-0.2, 0) is 0 Å². The van der Waals surface area contributed by atoms with Crippen LogP contribution < -0.4 is 5.73 Å². The van der Waals surface area contributed by atoms with Gasteiger partial charge in [0, 0.05) is 36.1 Å². The number of nitrogens with zero attached hydrogens (tertiary/aromatic N) is 2. The zero-order valence-electron chi connectivity index (χ0n) is 17.1. The number of benzene rings is 1. The summed E-state index contributed by atoms with van der Waals surface area (Å²) in [7, 11) is 0. The first-order valence-electron chi connectivity index (χ1n) is 9.73. The minimum atomic E-state index is -0.0537. The molecule has 2 fully saturated rings. The molecule has 0 radical (unpaired) electrons. The number of hydrogen-bond donors (Lipinski definition) is 1. The van der Waals surface area contributed by atoms with Crippen LogP contribution in [0.5, 0.6) is 0 Å². The number of aryl methyl sites for hydroxylation is 2. The molecule has 6 heteroatoms. The first kappa shape index (κ1) is 22.9. The van der Waals surface area contributed by atoms with Crippen molar-refractivity contribution in [1.29, 1.82) is 0 Å². The van der Waals surface area contributed by atoms with Crippen LogP contribution in [0.15, 0.2) is 18.2 Å². The molecule has 2 N–H and O–H groups in total. The fraction of sp³-hybridized carbons (Fsp3) is 0.545. The van der Waals surface area contributed by atoms with E-state index >= 15 is 0 Å². The average molecular weight is 424 g/mol. The molecule has 4 nitrogen and oxygen atoms in total. The van der Waals surface area contributed by atoms with E-state index in [1.807, 2.05) is 4.90 Å². The van der Waals surface area contributed by atoms with Gasteiger partial charge < -0.3 is 10.6 Å². The fourth-order valence-corrected chi connectivity index (χ4v) is 4.18. The van der Waals surface area contributed by atoms with E-state index < -0.39 is 0 Å². The SMILES string of the molecule is Cc1cc(C)c2nc(C3CC3)cc(C(=O)N3CCC(N)C(C)(C)C3)c2c1.Cl.Cl. The van der Waals surface area contributed by atoms with Gasteiger partial charge in [0.25, 0.3) is 5.91 Å². The van der Waals surface area contributed by atoms with Gasteiger partial charge in [0.2, 0.25) is 0 Å². The summed E-state index contributed by atoms with van der Waals surface area (Å²) in [5.41, 5.74) is 11.4. The predicted molar refractivity (Wildman–Crippen MR) is 120 cm³/mol. The van der Waals surface area contributed by atoms with E-state index in [1.54, 1.807) is 0 Å². The third-order valence-electron chi connectivity index (χ3n) is 6.09. The summed E-state index contributed by atoms with van der Waals surface area (Å²) in [5.74, 6) is 0.655. The van der Waals surface area contributed by atoms with Crippen molar-refractivity contribution in [1.82, 2.24) is 9.88 Å². The molecule has 2 aromatic rings. The second-order valence-corrected chi connectivity index (χ2v) is 8.96. The summed E-state index contributed by atoms with van der Waals surface area (Å²) in [6.07, 6.45) is 3.22. The van der Waals surface area contributed by atoms with Gasteiger partial charge in [-0.3, -0.25) is 9.78 Å². The second kappa shape index (κ2) is 8.17. The van der Waals surface area contributed by atoms with E-state index in [4.69, 9.17) is 10.7 Å². The molecule has 0 bridgehead atoms. The van der Waals surface area contributed by atoms with Gasteiger partial charge in [-0.05, 0) is 56.2 Å². The number of aromatic nitrogens is 1. The minimum absolute atomic E-state index is 0. The molecular weight excluding hydrogens is 393 g/mol. The molecule has 2 heterocycles. The highest BCUT2D eigenvalue weighted by Crippen LogP contribution is 2.41. The second-order valence-electron chi connectivity index (χ2n) is 8.96. The Bertz CT molecular complexity index is 893.